The molecule has 0 spiro atoms. The second kappa shape index (κ2) is 6.29. The van der Waals surface area contributed by atoms with Crippen molar-refractivity contribution in [3.8, 4) is 0 Å². The Morgan fingerprint density at radius 3 is 2.81 bits per heavy atom. The molecular weight excluding hydrogens is 264 g/mol. The van der Waals surface area contributed by atoms with Gasteiger partial charge in [0.15, 0.2) is 0 Å². The third kappa shape index (κ3) is 3.26. The zero-order valence-corrected chi connectivity index (χ0v) is 13.3. The summed E-state index contributed by atoms with van der Waals surface area (Å²) in [5, 5.41) is 2.91. The molecule has 1 aromatic carbocycles. The van der Waals surface area contributed by atoms with Gasteiger partial charge >= 0.3 is 0 Å². The van der Waals surface area contributed by atoms with Crippen LogP contribution in [-0.2, 0) is 9.59 Å². The SMILES string of the molecule is CC[C@@H](C)NC(=O)[C@H]1CCN(c2cc(C)ccc2C)C1=O. The summed E-state index contributed by atoms with van der Waals surface area (Å²) >= 11 is 0. The van der Waals surface area contributed by atoms with Gasteiger partial charge in [-0.05, 0) is 50.8 Å². The van der Waals surface area contributed by atoms with E-state index in [1.165, 1.54) is 0 Å². The fraction of sp³-hybridized carbons (Fsp3) is 0.529. The van der Waals surface area contributed by atoms with Gasteiger partial charge in [0.1, 0.15) is 5.92 Å². The maximum atomic E-state index is 12.5. The molecule has 0 saturated carbocycles. The predicted octanol–water partition coefficient (Wildman–Crippen LogP) is 2.57. The maximum Gasteiger partial charge on any atom is 0.239 e. The Labute approximate surface area is 126 Å². The van der Waals surface area contributed by atoms with E-state index >= 15 is 0 Å². The topological polar surface area (TPSA) is 49.4 Å². The molecule has 1 aromatic rings. The number of carbonyl (C=O) groups excluding carboxylic acids is 2. The zero-order valence-electron chi connectivity index (χ0n) is 13.3. The number of aryl methyl sites for hydroxylation is 2. The molecule has 2 rings (SSSR count). The average molecular weight is 288 g/mol. The van der Waals surface area contributed by atoms with Gasteiger partial charge in [0.2, 0.25) is 11.8 Å². The van der Waals surface area contributed by atoms with Crippen LogP contribution in [0.4, 0.5) is 5.69 Å². The monoisotopic (exact) mass is 288 g/mol. The fourth-order valence-corrected chi connectivity index (χ4v) is 2.62. The first kappa shape index (κ1) is 15.5. The Balaban J connectivity index is 2.14. The molecule has 0 aromatic heterocycles. The number of nitrogens with one attached hydrogen (secondary N) is 1. The number of amides is 2. The highest BCUT2D eigenvalue weighted by atomic mass is 16.2. The summed E-state index contributed by atoms with van der Waals surface area (Å²) in [5.74, 6) is -0.759. The van der Waals surface area contributed by atoms with Crippen molar-refractivity contribution in [3.05, 3.63) is 29.3 Å². The molecule has 0 unspecified atom stereocenters. The number of hydrogen-bond donors (Lipinski definition) is 1. The van der Waals surface area contributed by atoms with Crippen LogP contribution in [0.1, 0.15) is 37.8 Å². The van der Waals surface area contributed by atoms with Crippen LogP contribution in [0.25, 0.3) is 0 Å². The average Bonchev–Trinajstić information content (AvgIpc) is 2.83. The zero-order chi connectivity index (χ0) is 15.6. The lowest BCUT2D eigenvalue weighted by Crippen LogP contribution is -2.40. The molecule has 1 aliphatic heterocycles. The van der Waals surface area contributed by atoms with Crippen molar-refractivity contribution in [3.63, 3.8) is 0 Å². The quantitative estimate of drug-likeness (QED) is 0.866. The van der Waals surface area contributed by atoms with Crippen LogP contribution >= 0.6 is 0 Å². The molecule has 2 amide bonds. The van der Waals surface area contributed by atoms with E-state index in [2.05, 4.69) is 5.32 Å². The van der Waals surface area contributed by atoms with Gasteiger partial charge < -0.3 is 10.2 Å². The summed E-state index contributed by atoms with van der Waals surface area (Å²) in [5.41, 5.74) is 3.12. The van der Waals surface area contributed by atoms with Crippen LogP contribution in [0.5, 0.6) is 0 Å². The third-order valence-corrected chi connectivity index (χ3v) is 4.18. The van der Waals surface area contributed by atoms with Gasteiger partial charge in [-0.1, -0.05) is 19.1 Å². The molecule has 114 valence electrons. The van der Waals surface area contributed by atoms with E-state index in [0.717, 1.165) is 23.2 Å². The van der Waals surface area contributed by atoms with E-state index in [9.17, 15) is 9.59 Å². The number of carbonyl (C=O) groups is 2. The summed E-state index contributed by atoms with van der Waals surface area (Å²) < 4.78 is 0. The van der Waals surface area contributed by atoms with Crippen LogP contribution in [0.2, 0.25) is 0 Å². The maximum absolute atomic E-state index is 12.5. The first-order chi connectivity index (χ1) is 9.93. The molecule has 1 aliphatic rings. The summed E-state index contributed by atoms with van der Waals surface area (Å²) in [7, 11) is 0. The molecule has 1 fully saturated rings. The van der Waals surface area contributed by atoms with E-state index in [1.54, 1.807) is 4.90 Å². The lowest BCUT2D eigenvalue weighted by atomic mass is 10.1. The van der Waals surface area contributed by atoms with Crippen molar-refractivity contribution in [2.24, 2.45) is 5.92 Å². The van der Waals surface area contributed by atoms with Crippen LogP contribution in [0.3, 0.4) is 0 Å². The molecule has 1 heterocycles. The largest absolute Gasteiger partial charge is 0.353 e. The van der Waals surface area contributed by atoms with Gasteiger partial charge in [-0.2, -0.15) is 0 Å². The number of hydrogen-bond acceptors (Lipinski definition) is 2. The first-order valence-electron chi connectivity index (χ1n) is 7.63. The minimum absolute atomic E-state index is 0.0792. The van der Waals surface area contributed by atoms with Gasteiger partial charge in [0, 0.05) is 18.3 Å². The van der Waals surface area contributed by atoms with Gasteiger partial charge in [-0.3, -0.25) is 9.59 Å². The normalized spacial score (nSPS) is 19.7. The summed E-state index contributed by atoms with van der Waals surface area (Å²) in [6.45, 7) is 8.59. The lowest BCUT2D eigenvalue weighted by molar-refractivity contribution is -0.132. The summed E-state index contributed by atoms with van der Waals surface area (Å²) in [4.78, 5) is 26.5. The fourth-order valence-electron chi connectivity index (χ4n) is 2.62. The van der Waals surface area contributed by atoms with Gasteiger partial charge in [-0.25, -0.2) is 0 Å². The molecule has 1 saturated heterocycles. The molecule has 2 atom stereocenters. The summed E-state index contributed by atoms with van der Waals surface area (Å²) in [6.07, 6.45) is 1.46. The van der Waals surface area contributed by atoms with E-state index in [1.807, 2.05) is 45.9 Å². The van der Waals surface area contributed by atoms with Crippen molar-refractivity contribution in [2.45, 2.75) is 46.6 Å². The highest BCUT2D eigenvalue weighted by Gasteiger charge is 2.38. The van der Waals surface area contributed by atoms with Crippen molar-refractivity contribution in [1.82, 2.24) is 5.32 Å². The molecule has 0 aliphatic carbocycles. The molecule has 0 bridgehead atoms. The smallest absolute Gasteiger partial charge is 0.239 e. The van der Waals surface area contributed by atoms with Crippen LogP contribution in [0.15, 0.2) is 18.2 Å². The molecule has 21 heavy (non-hydrogen) atoms. The van der Waals surface area contributed by atoms with Crippen molar-refractivity contribution >= 4 is 17.5 Å². The van der Waals surface area contributed by atoms with Gasteiger partial charge in [0.25, 0.3) is 0 Å². The Morgan fingerprint density at radius 1 is 1.43 bits per heavy atom. The lowest BCUT2D eigenvalue weighted by Gasteiger charge is -2.20. The molecular formula is C17H24N2O2. The minimum atomic E-state index is -0.543. The Kier molecular flexibility index (Phi) is 4.66. The number of rotatable bonds is 4. The van der Waals surface area contributed by atoms with Crippen molar-refractivity contribution < 1.29 is 9.59 Å². The molecule has 4 nitrogen and oxygen atoms in total. The second-order valence-electron chi connectivity index (χ2n) is 5.94. The predicted molar refractivity (Wildman–Crippen MR) is 84.3 cm³/mol. The van der Waals surface area contributed by atoms with Crippen LogP contribution in [-0.4, -0.2) is 24.4 Å². The summed E-state index contributed by atoms with van der Waals surface area (Å²) in [6, 6.07) is 6.18. The van der Waals surface area contributed by atoms with Gasteiger partial charge in [-0.15, -0.1) is 0 Å². The highest BCUT2D eigenvalue weighted by molar-refractivity contribution is 6.10. The Hall–Kier alpha value is -1.84. The number of anilines is 1. The highest BCUT2D eigenvalue weighted by Crippen LogP contribution is 2.29. The molecule has 4 heteroatoms. The number of nitrogens with zero attached hydrogens (tertiary/aromatic N) is 1. The Morgan fingerprint density at radius 2 is 2.14 bits per heavy atom. The second-order valence-corrected chi connectivity index (χ2v) is 5.94. The van der Waals surface area contributed by atoms with E-state index in [-0.39, 0.29) is 17.9 Å². The van der Waals surface area contributed by atoms with Crippen molar-refractivity contribution in [2.75, 3.05) is 11.4 Å². The van der Waals surface area contributed by atoms with Gasteiger partial charge in [0.05, 0.1) is 0 Å². The first-order valence-corrected chi connectivity index (χ1v) is 7.63. The van der Waals surface area contributed by atoms with E-state index < -0.39 is 5.92 Å². The van der Waals surface area contributed by atoms with Crippen molar-refractivity contribution in [1.29, 1.82) is 0 Å². The molecule has 0 radical (unpaired) electrons. The van der Waals surface area contributed by atoms with E-state index in [0.29, 0.717) is 13.0 Å². The third-order valence-electron chi connectivity index (χ3n) is 4.18. The number of benzene rings is 1. The van der Waals surface area contributed by atoms with Crippen LogP contribution in [0, 0.1) is 19.8 Å². The Bertz CT molecular complexity index is 554. The standard InChI is InChI=1S/C17H24N2O2/c1-5-13(4)18-16(20)14-8-9-19(17(14)21)15-10-11(2)6-7-12(15)3/h6-7,10,13-14H,5,8-9H2,1-4H3,(H,18,20)/t13-,14-/m1/s1. The van der Waals surface area contributed by atoms with E-state index in [4.69, 9.17) is 0 Å². The minimum Gasteiger partial charge on any atom is -0.353 e. The molecule has 1 N–H and O–H groups in total. The van der Waals surface area contributed by atoms with Crippen LogP contribution < -0.4 is 10.2 Å².